The molecule has 0 spiro atoms. The van der Waals surface area contributed by atoms with E-state index in [0.717, 1.165) is 12.5 Å². The summed E-state index contributed by atoms with van der Waals surface area (Å²) in [7, 11) is -7.25. The quantitative estimate of drug-likeness (QED) is 0.619. The third-order valence-corrected chi connectivity index (χ3v) is 3.10. The molecule has 0 fully saturated rings. The van der Waals surface area contributed by atoms with Gasteiger partial charge in [-0.15, -0.1) is 0 Å². The molecule has 0 aromatic carbocycles. The lowest BCUT2D eigenvalue weighted by Crippen LogP contribution is -2.38. The second-order valence-electron chi connectivity index (χ2n) is 4.46. The van der Waals surface area contributed by atoms with E-state index in [1.54, 1.807) is 0 Å². The van der Waals surface area contributed by atoms with Crippen LogP contribution in [0, 0.1) is 5.41 Å². The second-order valence-corrected chi connectivity index (χ2v) is 7.75. The molecule has 1 N–H and O–H groups in total. The maximum absolute atomic E-state index is 10.8. The maximum Gasteiger partial charge on any atom is 0.264 e. The number of hydrogen-bond acceptors (Lipinski definition) is 7. The minimum Gasteiger partial charge on any atom is -0.390 e. The highest BCUT2D eigenvalue weighted by Gasteiger charge is 2.30. The van der Waals surface area contributed by atoms with Gasteiger partial charge in [-0.2, -0.15) is 16.8 Å². The summed E-state index contributed by atoms with van der Waals surface area (Å²) in [5.41, 5.74) is -0.951. The van der Waals surface area contributed by atoms with Crippen LogP contribution >= 0.6 is 0 Å². The third kappa shape index (κ3) is 8.50. The SMILES string of the molecule is CC(C)(COS(C)(=O)=O)C(O)COS(C)(=O)=O. The van der Waals surface area contributed by atoms with E-state index >= 15 is 0 Å². The van der Waals surface area contributed by atoms with Crippen molar-refractivity contribution in [2.24, 2.45) is 5.41 Å². The van der Waals surface area contributed by atoms with Gasteiger partial charge in [-0.1, -0.05) is 13.8 Å². The van der Waals surface area contributed by atoms with Crippen molar-refractivity contribution in [3.63, 3.8) is 0 Å². The third-order valence-electron chi connectivity index (χ3n) is 1.99. The normalized spacial score (nSPS) is 15.8. The molecule has 1 unspecified atom stereocenters. The molecule has 0 aliphatic heterocycles. The summed E-state index contributed by atoms with van der Waals surface area (Å²) in [6, 6.07) is 0. The first-order chi connectivity index (χ1) is 7.33. The van der Waals surface area contributed by atoms with Gasteiger partial charge >= 0.3 is 0 Å². The van der Waals surface area contributed by atoms with Gasteiger partial charge in [0.2, 0.25) is 0 Å². The van der Waals surface area contributed by atoms with Crippen LogP contribution < -0.4 is 0 Å². The zero-order valence-electron chi connectivity index (χ0n) is 10.2. The van der Waals surface area contributed by atoms with Crippen LogP contribution in [0.4, 0.5) is 0 Å². The molecule has 0 heterocycles. The summed E-state index contributed by atoms with van der Waals surface area (Å²) in [6.45, 7) is 2.36. The number of hydrogen-bond donors (Lipinski definition) is 1. The number of aliphatic hydroxyl groups excluding tert-OH is 1. The summed E-state index contributed by atoms with van der Waals surface area (Å²) < 4.78 is 52.0. The summed E-state index contributed by atoms with van der Waals surface area (Å²) in [4.78, 5) is 0. The van der Waals surface area contributed by atoms with Gasteiger partial charge in [0.15, 0.2) is 0 Å². The molecule has 0 aromatic heterocycles. The van der Waals surface area contributed by atoms with Gasteiger partial charge in [-0.25, -0.2) is 0 Å². The van der Waals surface area contributed by atoms with Crippen LogP contribution in [0.2, 0.25) is 0 Å². The highest BCUT2D eigenvalue weighted by molar-refractivity contribution is 7.86. The van der Waals surface area contributed by atoms with Crippen molar-refractivity contribution in [1.82, 2.24) is 0 Å². The molecular weight excluding hydrogens is 272 g/mol. The average Bonchev–Trinajstić information content (AvgIpc) is 2.09. The predicted molar refractivity (Wildman–Crippen MR) is 61.4 cm³/mol. The van der Waals surface area contributed by atoms with Gasteiger partial charge in [0.05, 0.1) is 31.8 Å². The van der Waals surface area contributed by atoms with Crippen LogP contribution in [0.5, 0.6) is 0 Å². The van der Waals surface area contributed by atoms with Crippen molar-refractivity contribution < 1.29 is 30.3 Å². The standard InChI is InChI=1S/C8H18O7S2/c1-8(2,6-15-17(4,12)13)7(9)5-14-16(3,10)11/h7,9H,5-6H2,1-4H3. The van der Waals surface area contributed by atoms with Crippen molar-refractivity contribution in [3.8, 4) is 0 Å². The first kappa shape index (κ1) is 16.8. The lowest BCUT2D eigenvalue weighted by Gasteiger charge is -2.29. The smallest absolute Gasteiger partial charge is 0.264 e. The Morgan fingerprint density at radius 2 is 1.47 bits per heavy atom. The Balaban J connectivity index is 4.40. The van der Waals surface area contributed by atoms with Gasteiger partial charge < -0.3 is 5.11 Å². The Morgan fingerprint density at radius 1 is 1.06 bits per heavy atom. The number of aliphatic hydroxyl groups is 1. The summed E-state index contributed by atoms with van der Waals surface area (Å²) in [5, 5.41) is 9.67. The summed E-state index contributed by atoms with van der Waals surface area (Å²) in [6.07, 6.45) is 0.585. The minimum atomic E-state index is -3.64. The van der Waals surface area contributed by atoms with E-state index in [1.165, 1.54) is 13.8 Å². The van der Waals surface area contributed by atoms with Crippen LogP contribution in [-0.4, -0.2) is 53.8 Å². The number of rotatable bonds is 7. The van der Waals surface area contributed by atoms with E-state index in [9.17, 15) is 21.9 Å². The van der Waals surface area contributed by atoms with Crippen LogP contribution in [0.1, 0.15) is 13.8 Å². The van der Waals surface area contributed by atoms with Crippen molar-refractivity contribution in [3.05, 3.63) is 0 Å². The van der Waals surface area contributed by atoms with Gasteiger partial charge in [0.25, 0.3) is 20.2 Å². The Labute approximate surface area is 102 Å². The molecule has 0 rings (SSSR count). The topological polar surface area (TPSA) is 107 Å². The van der Waals surface area contributed by atoms with Gasteiger partial charge in [-0.05, 0) is 0 Å². The van der Waals surface area contributed by atoms with Crippen molar-refractivity contribution in [2.45, 2.75) is 20.0 Å². The Morgan fingerprint density at radius 3 is 1.82 bits per heavy atom. The molecule has 0 amide bonds. The molecule has 7 nitrogen and oxygen atoms in total. The minimum absolute atomic E-state index is 0.264. The van der Waals surface area contributed by atoms with Crippen LogP contribution in [0.25, 0.3) is 0 Å². The highest BCUT2D eigenvalue weighted by atomic mass is 32.2. The molecule has 0 radical (unpaired) electrons. The van der Waals surface area contributed by atoms with E-state index < -0.39 is 38.4 Å². The monoisotopic (exact) mass is 290 g/mol. The molecule has 0 bridgehead atoms. The molecule has 17 heavy (non-hydrogen) atoms. The maximum atomic E-state index is 10.8. The van der Waals surface area contributed by atoms with Gasteiger partial charge in [0.1, 0.15) is 0 Å². The van der Waals surface area contributed by atoms with Crippen LogP contribution in [0.15, 0.2) is 0 Å². The second kappa shape index (κ2) is 5.61. The fraction of sp³-hybridized carbons (Fsp3) is 1.00. The van der Waals surface area contributed by atoms with E-state index in [0.29, 0.717) is 0 Å². The molecular formula is C8H18O7S2. The predicted octanol–water partition coefficient (Wildman–Crippen LogP) is -0.674. The Kier molecular flexibility index (Phi) is 5.54. The molecule has 9 heteroatoms. The first-order valence-electron chi connectivity index (χ1n) is 4.70. The van der Waals surface area contributed by atoms with Crippen molar-refractivity contribution >= 4 is 20.2 Å². The average molecular weight is 290 g/mol. The Hall–Kier alpha value is -0.220. The Bertz CT molecular complexity index is 434. The van der Waals surface area contributed by atoms with Gasteiger partial charge in [-0.3, -0.25) is 8.37 Å². The largest absolute Gasteiger partial charge is 0.390 e. The lowest BCUT2D eigenvalue weighted by molar-refractivity contribution is -0.0103. The van der Waals surface area contributed by atoms with Crippen molar-refractivity contribution in [1.29, 1.82) is 0 Å². The summed E-state index contributed by atoms with van der Waals surface area (Å²) >= 11 is 0. The van der Waals surface area contributed by atoms with Crippen LogP contribution in [0.3, 0.4) is 0 Å². The summed E-state index contributed by atoms with van der Waals surface area (Å²) in [5.74, 6) is 0. The molecule has 0 aliphatic rings. The van der Waals surface area contributed by atoms with Crippen molar-refractivity contribution in [2.75, 3.05) is 25.7 Å². The first-order valence-corrected chi connectivity index (χ1v) is 8.34. The van der Waals surface area contributed by atoms with Crippen LogP contribution in [-0.2, 0) is 28.6 Å². The van der Waals surface area contributed by atoms with E-state index in [4.69, 9.17) is 0 Å². The fourth-order valence-corrected chi connectivity index (χ4v) is 1.66. The van der Waals surface area contributed by atoms with E-state index in [2.05, 4.69) is 8.37 Å². The van der Waals surface area contributed by atoms with E-state index in [-0.39, 0.29) is 6.61 Å². The fourth-order valence-electron chi connectivity index (χ4n) is 0.769. The van der Waals surface area contributed by atoms with Gasteiger partial charge in [0, 0.05) is 5.41 Å². The molecule has 104 valence electrons. The molecule has 0 aromatic rings. The zero-order valence-corrected chi connectivity index (χ0v) is 11.8. The molecule has 1 atom stereocenters. The molecule has 0 aliphatic carbocycles. The molecule has 0 saturated carbocycles. The molecule has 0 saturated heterocycles. The zero-order chi connectivity index (χ0) is 13.9. The van der Waals surface area contributed by atoms with E-state index in [1.807, 2.05) is 0 Å². The highest BCUT2D eigenvalue weighted by Crippen LogP contribution is 2.22. The lowest BCUT2D eigenvalue weighted by atomic mass is 9.88.